The summed E-state index contributed by atoms with van der Waals surface area (Å²) < 4.78 is 0. The predicted molar refractivity (Wildman–Crippen MR) is 64.7 cm³/mol. The molecule has 98 valence electrons. The first-order chi connectivity index (χ1) is 7.71. The van der Waals surface area contributed by atoms with Gasteiger partial charge in [0.2, 0.25) is 5.91 Å². The van der Waals surface area contributed by atoms with Crippen LogP contribution >= 0.6 is 0 Å². The Bertz CT molecular complexity index is 313. The van der Waals surface area contributed by atoms with Crippen LogP contribution in [0.2, 0.25) is 0 Å². The molecular weight excluding hydrogens is 220 g/mol. The fraction of sp³-hybridized carbons (Fsp3) is 0.833. The van der Waals surface area contributed by atoms with Gasteiger partial charge in [0, 0.05) is 18.6 Å². The number of hydrogen-bond acceptors (Lipinski definition) is 3. The Morgan fingerprint density at radius 1 is 1.59 bits per heavy atom. The average Bonchev–Trinajstić information content (AvgIpc) is 2.10. The third-order valence-electron chi connectivity index (χ3n) is 2.73. The lowest BCUT2D eigenvalue weighted by Gasteiger charge is -2.43. The van der Waals surface area contributed by atoms with Crippen LogP contribution in [0.15, 0.2) is 0 Å². The van der Waals surface area contributed by atoms with Crippen molar-refractivity contribution in [1.82, 2.24) is 10.2 Å². The van der Waals surface area contributed by atoms with Gasteiger partial charge in [0.25, 0.3) is 0 Å². The molecule has 1 unspecified atom stereocenters. The fourth-order valence-corrected chi connectivity index (χ4v) is 2.26. The van der Waals surface area contributed by atoms with Gasteiger partial charge < -0.3 is 10.0 Å². The highest BCUT2D eigenvalue weighted by atomic mass is 16.4. The maximum absolute atomic E-state index is 12.1. The number of carbonyl (C=O) groups is 2. The molecule has 1 aliphatic rings. The van der Waals surface area contributed by atoms with Gasteiger partial charge in [-0.3, -0.25) is 14.9 Å². The van der Waals surface area contributed by atoms with Crippen molar-refractivity contribution in [1.29, 1.82) is 0 Å². The molecule has 0 aromatic rings. The maximum atomic E-state index is 12.1. The Hall–Kier alpha value is -1.10. The summed E-state index contributed by atoms with van der Waals surface area (Å²) in [5.41, 5.74) is -0.233. The number of rotatable bonds is 4. The molecule has 2 N–H and O–H groups in total. The van der Waals surface area contributed by atoms with Gasteiger partial charge in [-0.2, -0.15) is 0 Å². The summed E-state index contributed by atoms with van der Waals surface area (Å²) in [6, 6.07) is -0.602. The number of hydrogen-bond donors (Lipinski definition) is 2. The number of nitrogens with one attached hydrogen (secondary N) is 1. The number of aliphatic carboxylic acids is 1. The van der Waals surface area contributed by atoms with E-state index in [1.165, 1.54) is 0 Å². The van der Waals surface area contributed by atoms with Crippen LogP contribution in [0.5, 0.6) is 0 Å². The highest BCUT2D eigenvalue weighted by molar-refractivity contribution is 5.87. The van der Waals surface area contributed by atoms with E-state index in [1.807, 2.05) is 13.8 Å². The topological polar surface area (TPSA) is 69.6 Å². The average molecular weight is 242 g/mol. The van der Waals surface area contributed by atoms with Gasteiger partial charge >= 0.3 is 5.97 Å². The fourth-order valence-electron chi connectivity index (χ4n) is 2.26. The van der Waals surface area contributed by atoms with Crippen molar-refractivity contribution in [3.05, 3.63) is 0 Å². The Kier molecular flexibility index (Phi) is 4.14. The van der Waals surface area contributed by atoms with Crippen molar-refractivity contribution in [2.45, 2.75) is 45.7 Å². The molecule has 1 atom stereocenters. The molecule has 5 heteroatoms. The van der Waals surface area contributed by atoms with Crippen molar-refractivity contribution < 1.29 is 14.7 Å². The lowest BCUT2D eigenvalue weighted by Crippen LogP contribution is -2.65. The number of carboxylic acid groups (broad SMARTS) is 1. The van der Waals surface area contributed by atoms with Crippen LogP contribution in [0.1, 0.15) is 34.1 Å². The molecule has 1 rings (SSSR count). The van der Waals surface area contributed by atoms with Gasteiger partial charge in [-0.1, -0.05) is 13.8 Å². The van der Waals surface area contributed by atoms with Gasteiger partial charge in [0.15, 0.2) is 0 Å². The molecule has 1 aliphatic heterocycles. The standard InChI is InChI=1S/C12H22N2O3/c1-8(2)6-14-7-12(3,4)13-9(11(14)17)5-10(15)16/h8-9,13H,5-7H2,1-4H3,(H,15,16). The molecule has 0 aliphatic carbocycles. The summed E-state index contributed by atoms with van der Waals surface area (Å²) in [5, 5.41) is 11.9. The summed E-state index contributed by atoms with van der Waals surface area (Å²) in [6.45, 7) is 9.38. The van der Waals surface area contributed by atoms with Gasteiger partial charge in [0.1, 0.15) is 0 Å². The van der Waals surface area contributed by atoms with Crippen molar-refractivity contribution in [2.75, 3.05) is 13.1 Å². The second-order valence-electron chi connectivity index (χ2n) is 5.79. The van der Waals surface area contributed by atoms with Crippen molar-refractivity contribution in [3.8, 4) is 0 Å². The molecule has 1 heterocycles. The van der Waals surface area contributed by atoms with E-state index in [2.05, 4.69) is 19.2 Å². The van der Waals surface area contributed by atoms with E-state index in [4.69, 9.17) is 5.11 Å². The molecule has 1 fully saturated rings. The van der Waals surface area contributed by atoms with Crippen LogP contribution in [0, 0.1) is 5.92 Å². The summed E-state index contributed by atoms with van der Waals surface area (Å²) in [4.78, 5) is 24.6. The van der Waals surface area contributed by atoms with E-state index in [0.717, 1.165) is 0 Å². The first-order valence-corrected chi connectivity index (χ1v) is 5.99. The molecule has 0 spiro atoms. The molecule has 0 saturated carbocycles. The Morgan fingerprint density at radius 3 is 2.65 bits per heavy atom. The van der Waals surface area contributed by atoms with E-state index in [9.17, 15) is 9.59 Å². The number of nitrogens with zero attached hydrogens (tertiary/aromatic N) is 1. The zero-order valence-corrected chi connectivity index (χ0v) is 11.0. The van der Waals surface area contributed by atoms with Gasteiger partial charge in [-0.25, -0.2) is 0 Å². The summed E-state index contributed by atoms with van der Waals surface area (Å²) >= 11 is 0. The molecular formula is C12H22N2O3. The van der Waals surface area contributed by atoms with Crippen molar-refractivity contribution in [3.63, 3.8) is 0 Å². The molecule has 17 heavy (non-hydrogen) atoms. The zero-order valence-electron chi connectivity index (χ0n) is 11.0. The monoisotopic (exact) mass is 242 g/mol. The lowest BCUT2D eigenvalue weighted by molar-refractivity contribution is -0.146. The van der Waals surface area contributed by atoms with Crippen LogP contribution < -0.4 is 5.32 Å². The smallest absolute Gasteiger partial charge is 0.305 e. The van der Waals surface area contributed by atoms with Crippen molar-refractivity contribution >= 4 is 11.9 Å². The minimum absolute atomic E-state index is 0.0968. The SMILES string of the molecule is CC(C)CN1CC(C)(C)NC(CC(=O)O)C1=O. The molecule has 0 aromatic carbocycles. The molecule has 1 amide bonds. The van der Waals surface area contributed by atoms with Crippen LogP contribution in [0.3, 0.4) is 0 Å². The summed E-state index contributed by atoms with van der Waals surface area (Å²) in [6.07, 6.45) is -0.156. The maximum Gasteiger partial charge on any atom is 0.305 e. The first-order valence-electron chi connectivity index (χ1n) is 5.99. The normalized spacial score (nSPS) is 24.2. The highest BCUT2D eigenvalue weighted by Gasteiger charge is 2.38. The third-order valence-corrected chi connectivity index (χ3v) is 2.73. The van der Waals surface area contributed by atoms with Crippen LogP contribution in [-0.2, 0) is 9.59 Å². The Balaban J connectivity index is 2.79. The number of carbonyl (C=O) groups excluding carboxylic acids is 1. The van der Waals surface area contributed by atoms with Crippen LogP contribution in [0.4, 0.5) is 0 Å². The zero-order chi connectivity index (χ0) is 13.2. The molecule has 0 aromatic heterocycles. The summed E-state index contributed by atoms with van der Waals surface area (Å²) in [5.74, 6) is -0.656. The Labute approximate surface area is 102 Å². The van der Waals surface area contributed by atoms with Gasteiger partial charge in [-0.05, 0) is 19.8 Å². The highest BCUT2D eigenvalue weighted by Crippen LogP contribution is 2.18. The molecule has 0 bridgehead atoms. The van der Waals surface area contributed by atoms with Gasteiger partial charge in [0.05, 0.1) is 12.5 Å². The third kappa shape index (κ3) is 4.00. The van der Waals surface area contributed by atoms with Crippen molar-refractivity contribution in [2.24, 2.45) is 5.92 Å². The lowest BCUT2D eigenvalue weighted by atomic mass is 9.95. The predicted octanol–water partition coefficient (Wildman–Crippen LogP) is 0.696. The van der Waals surface area contributed by atoms with E-state index >= 15 is 0 Å². The minimum Gasteiger partial charge on any atom is -0.481 e. The largest absolute Gasteiger partial charge is 0.481 e. The summed E-state index contributed by atoms with van der Waals surface area (Å²) in [7, 11) is 0. The molecule has 1 saturated heterocycles. The minimum atomic E-state index is -0.946. The Morgan fingerprint density at radius 2 is 2.18 bits per heavy atom. The number of piperazine rings is 1. The second kappa shape index (κ2) is 5.04. The number of amides is 1. The molecule has 5 nitrogen and oxygen atoms in total. The second-order valence-corrected chi connectivity index (χ2v) is 5.79. The van der Waals surface area contributed by atoms with Crippen LogP contribution in [0.25, 0.3) is 0 Å². The van der Waals surface area contributed by atoms with E-state index in [1.54, 1.807) is 4.90 Å². The molecule has 0 radical (unpaired) electrons. The van der Waals surface area contributed by atoms with E-state index in [-0.39, 0.29) is 17.9 Å². The van der Waals surface area contributed by atoms with Crippen LogP contribution in [-0.4, -0.2) is 46.6 Å². The van der Waals surface area contributed by atoms with Gasteiger partial charge in [-0.15, -0.1) is 0 Å². The first kappa shape index (κ1) is 14.0. The quantitative estimate of drug-likeness (QED) is 0.761. The van der Waals surface area contributed by atoms with E-state index < -0.39 is 12.0 Å². The van der Waals surface area contributed by atoms with E-state index in [0.29, 0.717) is 19.0 Å². The number of carboxylic acids is 1.